The Hall–Kier alpha value is -0.410. The highest BCUT2D eigenvalue weighted by atomic mass is 16.5. The molecule has 0 aliphatic rings. The van der Waals surface area contributed by atoms with Crippen molar-refractivity contribution in [3.63, 3.8) is 0 Å². The maximum absolute atomic E-state index is 11.4. The Labute approximate surface area is 80.6 Å². The molecule has 1 unspecified atom stereocenters. The minimum atomic E-state index is 0.137. The SMILES string of the molecule is COCCC(C)C(=O)CCCCN. The minimum Gasteiger partial charge on any atom is -0.385 e. The second-order valence-corrected chi connectivity index (χ2v) is 3.39. The molecule has 0 aliphatic heterocycles. The van der Waals surface area contributed by atoms with Crippen LogP contribution in [0.2, 0.25) is 0 Å². The first-order chi connectivity index (χ1) is 6.22. The number of methoxy groups -OCH3 is 1. The van der Waals surface area contributed by atoms with Crippen molar-refractivity contribution < 1.29 is 9.53 Å². The molecular weight excluding hydrogens is 166 g/mol. The molecule has 78 valence electrons. The number of carbonyl (C=O) groups excluding carboxylic acids is 1. The number of rotatable bonds is 8. The summed E-state index contributed by atoms with van der Waals surface area (Å²) >= 11 is 0. The van der Waals surface area contributed by atoms with E-state index in [0.717, 1.165) is 19.3 Å². The first-order valence-electron chi connectivity index (χ1n) is 4.94. The molecule has 0 aromatic rings. The lowest BCUT2D eigenvalue weighted by Crippen LogP contribution is -2.13. The molecule has 3 nitrogen and oxygen atoms in total. The third-order valence-corrected chi connectivity index (χ3v) is 2.18. The standard InChI is InChI=1S/C10H21NO2/c1-9(6-8-13-2)10(12)5-3-4-7-11/h9H,3-8,11H2,1-2H3. The van der Waals surface area contributed by atoms with Crippen molar-refractivity contribution in [2.24, 2.45) is 11.7 Å². The van der Waals surface area contributed by atoms with E-state index in [2.05, 4.69) is 0 Å². The van der Waals surface area contributed by atoms with E-state index in [1.165, 1.54) is 0 Å². The van der Waals surface area contributed by atoms with Gasteiger partial charge in [-0.15, -0.1) is 0 Å². The van der Waals surface area contributed by atoms with Gasteiger partial charge in [-0.2, -0.15) is 0 Å². The van der Waals surface area contributed by atoms with Crippen molar-refractivity contribution in [1.29, 1.82) is 0 Å². The molecule has 0 radical (unpaired) electrons. The van der Waals surface area contributed by atoms with Gasteiger partial charge in [0.1, 0.15) is 5.78 Å². The van der Waals surface area contributed by atoms with Gasteiger partial charge < -0.3 is 10.5 Å². The highest BCUT2D eigenvalue weighted by Gasteiger charge is 2.11. The summed E-state index contributed by atoms with van der Waals surface area (Å²) in [6.07, 6.45) is 3.37. The van der Waals surface area contributed by atoms with Crippen molar-refractivity contribution in [2.45, 2.75) is 32.6 Å². The smallest absolute Gasteiger partial charge is 0.135 e. The van der Waals surface area contributed by atoms with E-state index in [0.29, 0.717) is 25.4 Å². The molecule has 0 fully saturated rings. The molecule has 0 rings (SSSR count). The highest BCUT2D eigenvalue weighted by molar-refractivity contribution is 5.80. The molecule has 2 N–H and O–H groups in total. The molecule has 0 bridgehead atoms. The number of Topliss-reactive ketones (excluding diaryl/α,β-unsaturated/α-hetero) is 1. The van der Waals surface area contributed by atoms with Crippen molar-refractivity contribution >= 4 is 5.78 Å². The summed E-state index contributed by atoms with van der Waals surface area (Å²) in [4.78, 5) is 11.4. The molecule has 0 aliphatic carbocycles. The van der Waals surface area contributed by atoms with Crippen LogP contribution in [0.4, 0.5) is 0 Å². The molecule has 3 heteroatoms. The molecule has 13 heavy (non-hydrogen) atoms. The minimum absolute atomic E-state index is 0.137. The van der Waals surface area contributed by atoms with Crippen LogP contribution in [0.5, 0.6) is 0 Å². The highest BCUT2D eigenvalue weighted by Crippen LogP contribution is 2.08. The Kier molecular flexibility index (Phi) is 7.94. The molecule has 0 spiro atoms. The van der Waals surface area contributed by atoms with E-state index >= 15 is 0 Å². The van der Waals surface area contributed by atoms with Crippen LogP contribution >= 0.6 is 0 Å². The van der Waals surface area contributed by atoms with Crippen LogP contribution in [0.15, 0.2) is 0 Å². The van der Waals surface area contributed by atoms with Crippen LogP contribution in [0.3, 0.4) is 0 Å². The van der Waals surface area contributed by atoms with Gasteiger partial charge in [0.2, 0.25) is 0 Å². The second kappa shape index (κ2) is 8.20. The largest absolute Gasteiger partial charge is 0.385 e. The van der Waals surface area contributed by atoms with Crippen LogP contribution in [-0.4, -0.2) is 26.0 Å². The van der Waals surface area contributed by atoms with Gasteiger partial charge in [0, 0.05) is 26.1 Å². The predicted molar refractivity (Wildman–Crippen MR) is 53.6 cm³/mol. The fourth-order valence-electron chi connectivity index (χ4n) is 1.15. The zero-order chi connectivity index (χ0) is 10.1. The van der Waals surface area contributed by atoms with Crippen molar-refractivity contribution in [2.75, 3.05) is 20.3 Å². The molecule has 0 saturated heterocycles. The number of ether oxygens (including phenoxy) is 1. The van der Waals surface area contributed by atoms with Crippen LogP contribution in [0.25, 0.3) is 0 Å². The second-order valence-electron chi connectivity index (χ2n) is 3.39. The Morgan fingerprint density at radius 1 is 1.46 bits per heavy atom. The molecular formula is C10H21NO2. The third kappa shape index (κ3) is 6.72. The maximum atomic E-state index is 11.4. The summed E-state index contributed by atoms with van der Waals surface area (Å²) in [7, 11) is 1.66. The van der Waals surface area contributed by atoms with E-state index in [4.69, 9.17) is 10.5 Å². The number of unbranched alkanes of at least 4 members (excludes halogenated alkanes) is 1. The number of ketones is 1. The van der Waals surface area contributed by atoms with Crippen molar-refractivity contribution in [1.82, 2.24) is 0 Å². The Bertz CT molecular complexity index is 137. The fourth-order valence-corrected chi connectivity index (χ4v) is 1.15. The van der Waals surface area contributed by atoms with E-state index in [-0.39, 0.29) is 5.92 Å². The zero-order valence-corrected chi connectivity index (χ0v) is 8.71. The first kappa shape index (κ1) is 12.6. The number of nitrogens with two attached hydrogens (primary N) is 1. The van der Waals surface area contributed by atoms with Crippen molar-refractivity contribution in [3.8, 4) is 0 Å². The van der Waals surface area contributed by atoms with Crippen LogP contribution < -0.4 is 5.73 Å². The molecule has 0 aromatic carbocycles. The predicted octanol–water partition coefficient (Wildman–Crippen LogP) is 1.36. The lowest BCUT2D eigenvalue weighted by Gasteiger charge is -2.08. The van der Waals surface area contributed by atoms with Gasteiger partial charge in [0.15, 0.2) is 0 Å². The molecule has 0 heterocycles. The average Bonchev–Trinajstić information content (AvgIpc) is 2.14. The summed E-state index contributed by atoms with van der Waals surface area (Å²) in [5, 5.41) is 0. The molecule has 0 aromatic heterocycles. The Morgan fingerprint density at radius 3 is 2.69 bits per heavy atom. The third-order valence-electron chi connectivity index (χ3n) is 2.18. The van der Waals surface area contributed by atoms with Gasteiger partial charge >= 0.3 is 0 Å². The van der Waals surface area contributed by atoms with Crippen molar-refractivity contribution in [3.05, 3.63) is 0 Å². The van der Waals surface area contributed by atoms with Gasteiger partial charge in [0.25, 0.3) is 0 Å². The fraction of sp³-hybridized carbons (Fsp3) is 0.900. The topological polar surface area (TPSA) is 52.3 Å². The normalized spacial score (nSPS) is 12.8. The van der Waals surface area contributed by atoms with E-state index < -0.39 is 0 Å². The number of hydrogen-bond donors (Lipinski definition) is 1. The maximum Gasteiger partial charge on any atom is 0.135 e. The molecule has 1 atom stereocenters. The lowest BCUT2D eigenvalue weighted by atomic mass is 9.99. The Balaban J connectivity index is 3.45. The summed E-state index contributed by atoms with van der Waals surface area (Å²) < 4.78 is 4.92. The van der Waals surface area contributed by atoms with Crippen LogP contribution in [-0.2, 0) is 9.53 Å². The molecule has 0 saturated carbocycles. The van der Waals surface area contributed by atoms with Gasteiger partial charge in [0.05, 0.1) is 0 Å². The van der Waals surface area contributed by atoms with E-state index in [1.54, 1.807) is 7.11 Å². The Morgan fingerprint density at radius 2 is 2.15 bits per heavy atom. The number of carbonyl (C=O) groups is 1. The van der Waals surface area contributed by atoms with Crippen LogP contribution in [0.1, 0.15) is 32.6 Å². The number of hydrogen-bond acceptors (Lipinski definition) is 3. The monoisotopic (exact) mass is 187 g/mol. The first-order valence-corrected chi connectivity index (χ1v) is 4.94. The average molecular weight is 187 g/mol. The summed E-state index contributed by atoms with van der Waals surface area (Å²) in [5.74, 6) is 0.475. The quantitative estimate of drug-likeness (QED) is 0.584. The molecule has 0 amide bonds. The van der Waals surface area contributed by atoms with Gasteiger partial charge in [-0.05, 0) is 25.8 Å². The van der Waals surface area contributed by atoms with Gasteiger partial charge in [-0.1, -0.05) is 6.92 Å². The van der Waals surface area contributed by atoms with Gasteiger partial charge in [-0.3, -0.25) is 4.79 Å². The van der Waals surface area contributed by atoms with Gasteiger partial charge in [-0.25, -0.2) is 0 Å². The zero-order valence-electron chi connectivity index (χ0n) is 8.71. The van der Waals surface area contributed by atoms with E-state index in [1.807, 2.05) is 6.92 Å². The summed E-state index contributed by atoms with van der Waals surface area (Å²) in [6.45, 7) is 3.31. The summed E-state index contributed by atoms with van der Waals surface area (Å²) in [5.41, 5.74) is 5.34. The van der Waals surface area contributed by atoms with E-state index in [9.17, 15) is 4.79 Å². The lowest BCUT2D eigenvalue weighted by molar-refractivity contribution is -0.123. The summed E-state index contributed by atoms with van der Waals surface area (Å²) in [6, 6.07) is 0. The van der Waals surface area contributed by atoms with Crippen LogP contribution in [0, 0.1) is 5.92 Å².